The van der Waals surface area contributed by atoms with Gasteiger partial charge in [0.1, 0.15) is 11.4 Å². The minimum Gasteiger partial charge on any atom is -0.290 e. The zero-order valence-electron chi connectivity index (χ0n) is 7.95. The van der Waals surface area contributed by atoms with E-state index >= 15 is 0 Å². The fourth-order valence-electron chi connectivity index (χ4n) is 1.25. The molecule has 80 valence electrons. The van der Waals surface area contributed by atoms with Crippen LogP contribution in [0.2, 0.25) is 0 Å². The third-order valence-corrected chi connectivity index (χ3v) is 3.03. The van der Waals surface area contributed by atoms with E-state index < -0.39 is 4.92 Å². The minimum atomic E-state index is -0.448. The highest BCUT2D eigenvalue weighted by molar-refractivity contribution is 8.14. The lowest BCUT2D eigenvalue weighted by atomic mass is 10.2. The zero-order valence-corrected chi connectivity index (χ0v) is 8.77. The number of hydrazone groups is 1. The van der Waals surface area contributed by atoms with Crippen molar-refractivity contribution in [1.29, 1.82) is 5.26 Å². The summed E-state index contributed by atoms with van der Waals surface area (Å²) in [7, 11) is 0. The molecular weight excluding hydrogens is 228 g/mol. The van der Waals surface area contributed by atoms with Gasteiger partial charge in [-0.2, -0.15) is 10.4 Å². The van der Waals surface area contributed by atoms with E-state index in [2.05, 4.69) is 10.5 Å². The van der Waals surface area contributed by atoms with Gasteiger partial charge >= 0.3 is 0 Å². The molecule has 0 unspecified atom stereocenters. The van der Waals surface area contributed by atoms with E-state index in [0.29, 0.717) is 5.04 Å². The van der Waals surface area contributed by atoms with Crippen LogP contribution < -0.4 is 5.43 Å². The van der Waals surface area contributed by atoms with E-state index in [-0.39, 0.29) is 11.1 Å². The molecule has 0 aliphatic carbocycles. The van der Waals surface area contributed by atoms with Gasteiger partial charge in [0.15, 0.2) is 5.04 Å². The number of nitro benzene ring substituents is 1. The molecule has 0 fully saturated rings. The van der Waals surface area contributed by atoms with Crippen molar-refractivity contribution < 1.29 is 4.92 Å². The smallest absolute Gasteiger partial charge is 0.269 e. The second kappa shape index (κ2) is 4.20. The predicted octanol–water partition coefficient (Wildman–Crippen LogP) is 1.77. The average Bonchev–Trinajstić information content (AvgIpc) is 2.77. The monoisotopic (exact) mass is 234 g/mol. The molecule has 1 atom stereocenters. The highest BCUT2D eigenvalue weighted by Crippen LogP contribution is 2.31. The van der Waals surface area contributed by atoms with Crippen LogP contribution in [0.1, 0.15) is 10.9 Å². The lowest BCUT2D eigenvalue weighted by molar-refractivity contribution is -0.384. The van der Waals surface area contributed by atoms with Crippen molar-refractivity contribution in [2.24, 2.45) is 5.10 Å². The van der Waals surface area contributed by atoms with Gasteiger partial charge in [0.05, 0.1) is 4.92 Å². The van der Waals surface area contributed by atoms with Gasteiger partial charge in [0.2, 0.25) is 0 Å². The third-order valence-electron chi connectivity index (χ3n) is 2.02. The second-order valence-electron chi connectivity index (χ2n) is 3.00. The van der Waals surface area contributed by atoms with Gasteiger partial charge in [-0.05, 0) is 17.7 Å². The van der Waals surface area contributed by atoms with Gasteiger partial charge in [-0.15, -0.1) is 0 Å². The number of non-ortho nitro benzene ring substituents is 1. The van der Waals surface area contributed by atoms with Crippen LogP contribution in [-0.2, 0) is 0 Å². The Bertz CT molecular complexity index is 491. The number of hydrogen-bond acceptors (Lipinski definition) is 6. The van der Waals surface area contributed by atoms with Crippen molar-refractivity contribution in [1.82, 2.24) is 5.43 Å². The van der Waals surface area contributed by atoms with Crippen molar-refractivity contribution in [2.75, 3.05) is 0 Å². The number of nitrogens with zero attached hydrogens (tertiary/aromatic N) is 3. The Morgan fingerprint density at radius 3 is 2.69 bits per heavy atom. The van der Waals surface area contributed by atoms with Gasteiger partial charge in [0.25, 0.3) is 5.69 Å². The molecule has 0 amide bonds. The van der Waals surface area contributed by atoms with Crippen molar-refractivity contribution in [3.8, 4) is 6.07 Å². The minimum absolute atomic E-state index is 0.0492. The summed E-state index contributed by atoms with van der Waals surface area (Å²) in [6.07, 6.45) is 0. The molecule has 1 aromatic carbocycles. The first-order valence-corrected chi connectivity index (χ1v) is 5.23. The van der Waals surface area contributed by atoms with Gasteiger partial charge in [0, 0.05) is 12.1 Å². The normalized spacial score (nSPS) is 18.4. The highest BCUT2D eigenvalue weighted by Gasteiger charge is 2.21. The van der Waals surface area contributed by atoms with Gasteiger partial charge < -0.3 is 0 Å². The molecular formula is C9H6N4O2S. The first kappa shape index (κ1) is 10.4. The van der Waals surface area contributed by atoms with Crippen LogP contribution in [0.4, 0.5) is 5.69 Å². The van der Waals surface area contributed by atoms with Crippen LogP contribution >= 0.6 is 11.8 Å². The van der Waals surface area contributed by atoms with Crippen molar-refractivity contribution in [3.05, 3.63) is 39.9 Å². The number of nitriles is 1. The number of thioether (sulfide) groups is 1. The number of hydrogen-bond donors (Lipinski definition) is 1. The van der Waals surface area contributed by atoms with Crippen molar-refractivity contribution >= 4 is 22.5 Å². The van der Waals surface area contributed by atoms with E-state index in [1.165, 1.54) is 23.9 Å². The maximum Gasteiger partial charge on any atom is 0.269 e. The molecule has 7 heteroatoms. The Kier molecular flexibility index (Phi) is 2.74. The molecule has 2 rings (SSSR count). The molecule has 0 aromatic heterocycles. The van der Waals surface area contributed by atoms with Crippen LogP contribution in [0.15, 0.2) is 29.4 Å². The Morgan fingerprint density at radius 1 is 1.50 bits per heavy atom. The zero-order chi connectivity index (χ0) is 11.5. The molecule has 0 spiro atoms. The molecule has 0 saturated carbocycles. The molecule has 1 aliphatic heterocycles. The molecule has 1 aromatic rings. The summed E-state index contributed by atoms with van der Waals surface area (Å²) in [4.78, 5) is 10.0. The fraction of sp³-hybridized carbons (Fsp3) is 0.111. The SMILES string of the molecule is N#CC1=NN[C@H](c2ccc([N+](=O)[O-])cc2)S1. The van der Waals surface area contributed by atoms with Crippen LogP contribution in [0, 0.1) is 21.4 Å². The fourth-order valence-corrected chi connectivity index (χ4v) is 2.03. The molecule has 1 heterocycles. The summed E-state index contributed by atoms with van der Waals surface area (Å²) < 4.78 is 0. The molecule has 0 saturated heterocycles. The molecule has 0 bridgehead atoms. The van der Waals surface area contributed by atoms with Crippen molar-refractivity contribution in [2.45, 2.75) is 5.37 Å². The van der Waals surface area contributed by atoms with E-state index in [1.54, 1.807) is 12.1 Å². The van der Waals surface area contributed by atoms with Crippen molar-refractivity contribution in [3.63, 3.8) is 0 Å². The summed E-state index contributed by atoms with van der Waals surface area (Å²) in [6.45, 7) is 0. The Morgan fingerprint density at radius 2 is 2.19 bits per heavy atom. The Balaban J connectivity index is 2.13. The summed E-state index contributed by atoms with van der Waals surface area (Å²) in [6, 6.07) is 8.10. The van der Waals surface area contributed by atoms with E-state index in [1.807, 2.05) is 6.07 Å². The molecule has 1 N–H and O–H groups in total. The van der Waals surface area contributed by atoms with Crippen LogP contribution in [0.5, 0.6) is 0 Å². The Hall–Kier alpha value is -2.07. The van der Waals surface area contributed by atoms with Crippen LogP contribution in [0.25, 0.3) is 0 Å². The summed E-state index contributed by atoms with van der Waals surface area (Å²) in [5, 5.41) is 23.1. The lowest BCUT2D eigenvalue weighted by Gasteiger charge is -2.07. The summed E-state index contributed by atoms with van der Waals surface area (Å²) >= 11 is 1.29. The largest absolute Gasteiger partial charge is 0.290 e. The second-order valence-corrected chi connectivity index (χ2v) is 4.10. The molecule has 0 radical (unpaired) electrons. The maximum absolute atomic E-state index is 10.5. The third kappa shape index (κ3) is 1.97. The first-order valence-electron chi connectivity index (χ1n) is 4.35. The number of benzene rings is 1. The average molecular weight is 234 g/mol. The highest BCUT2D eigenvalue weighted by atomic mass is 32.2. The number of nitrogens with one attached hydrogen (secondary N) is 1. The van der Waals surface area contributed by atoms with E-state index in [0.717, 1.165) is 5.56 Å². The van der Waals surface area contributed by atoms with Crippen LogP contribution in [0.3, 0.4) is 0 Å². The molecule has 1 aliphatic rings. The molecule has 16 heavy (non-hydrogen) atoms. The first-order chi connectivity index (χ1) is 7.70. The van der Waals surface area contributed by atoms with E-state index in [4.69, 9.17) is 5.26 Å². The van der Waals surface area contributed by atoms with Crippen LogP contribution in [-0.4, -0.2) is 9.97 Å². The van der Waals surface area contributed by atoms with E-state index in [9.17, 15) is 10.1 Å². The van der Waals surface area contributed by atoms with Gasteiger partial charge in [-0.3, -0.25) is 15.5 Å². The standard InChI is InChI=1S/C9H6N4O2S/c10-5-8-11-12-9(16-8)6-1-3-7(4-2-6)13(14)15/h1-4,9,12H/t9-/m0/s1. The lowest BCUT2D eigenvalue weighted by Crippen LogP contribution is -2.06. The predicted molar refractivity (Wildman–Crippen MR) is 59.6 cm³/mol. The summed E-state index contributed by atoms with van der Waals surface area (Å²) in [5.74, 6) is 0. The topological polar surface area (TPSA) is 91.3 Å². The van der Waals surface area contributed by atoms with Gasteiger partial charge in [-0.25, -0.2) is 0 Å². The number of rotatable bonds is 2. The summed E-state index contributed by atoms with van der Waals surface area (Å²) in [5.41, 5.74) is 3.68. The Labute approximate surface area is 95.1 Å². The van der Waals surface area contributed by atoms with Gasteiger partial charge in [-0.1, -0.05) is 11.8 Å². The molecule has 6 nitrogen and oxygen atoms in total. The quantitative estimate of drug-likeness (QED) is 0.621. The maximum atomic E-state index is 10.5. The number of nitro groups is 1.